The van der Waals surface area contributed by atoms with Crippen LogP contribution in [0.2, 0.25) is 0 Å². The van der Waals surface area contributed by atoms with Crippen LogP contribution in [0.1, 0.15) is 22.3 Å². The summed E-state index contributed by atoms with van der Waals surface area (Å²) < 4.78 is 0. The summed E-state index contributed by atoms with van der Waals surface area (Å²) in [4.78, 5) is 7.97. The van der Waals surface area contributed by atoms with E-state index in [0.29, 0.717) is 0 Å². The largest absolute Gasteiger partial charge is 2.00 e. The molecule has 0 N–H and O–H groups in total. The fraction of sp³-hybridized carbons (Fsp3) is 0.286. The van der Waals surface area contributed by atoms with Crippen molar-refractivity contribution in [1.29, 1.82) is 0 Å². The zero-order valence-electron chi connectivity index (χ0n) is 11.1. The number of nitrogens with zero attached hydrogens (tertiary/aromatic N) is 2. The van der Waals surface area contributed by atoms with Gasteiger partial charge in [-0.3, -0.25) is 9.97 Å². The Kier molecular flexibility index (Phi) is 11.1. The summed E-state index contributed by atoms with van der Waals surface area (Å²) in [5.41, 5.74) is 4.91. The minimum atomic E-state index is 0. The molecule has 0 saturated heterocycles. The van der Waals surface area contributed by atoms with Gasteiger partial charge >= 0.3 is 20.4 Å². The van der Waals surface area contributed by atoms with E-state index in [2.05, 4.69) is 22.1 Å². The predicted molar refractivity (Wildman–Crippen MR) is 67.4 cm³/mol. The van der Waals surface area contributed by atoms with Crippen molar-refractivity contribution in [2.75, 3.05) is 0 Å². The van der Waals surface area contributed by atoms with Crippen LogP contribution in [0.4, 0.5) is 0 Å². The molecule has 0 spiro atoms. The fourth-order valence-corrected chi connectivity index (χ4v) is 1.41. The third-order valence-corrected chi connectivity index (χ3v) is 2.02. The van der Waals surface area contributed by atoms with Crippen molar-refractivity contribution in [3.8, 4) is 0 Å². The predicted octanol–water partition coefficient (Wildman–Crippen LogP) is 0.398. The van der Waals surface area contributed by atoms with Gasteiger partial charge in [0.1, 0.15) is 0 Å². The number of aromatic nitrogens is 2. The first-order chi connectivity index (χ1) is 7.58. The van der Waals surface area contributed by atoms with Crippen LogP contribution in [-0.4, -0.2) is 9.97 Å². The second-order valence-electron chi connectivity index (χ2n) is 4.08. The normalized spacial score (nSPS) is 8.22. The summed E-state index contributed by atoms with van der Waals surface area (Å²) in [6.45, 7) is 8.17. The van der Waals surface area contributed by atoms with Crippen LogP contribution in [0.3, 0.4) is 0 Å². The molecule has 0 aliphatic heterocycles. The number of halogens is 1. The summed E-state index contributed by atoms with van der Waals surface area (Å²) in [6.07, 6.45) is 7.42. The van der Waals surface area contributed by atoms with Gasteiger partial charge in [0.15, 0.2) is 0 Å². The number of hydrogen-bond acceptors (Lipinski definition) is 2. The minimum Gasteiger partial charge on any atom is -1.00 e. The maximum absolute atomic E-state index is 3.98. The number of pyridine rings is 2. The van der Waals surface area contributed by atoms with Crippen LogP contribution in [0.25, 0.3) is 0 Å². The molecule has 0 bridgehead atoms. The quantitative estimate of drug-likeness (QED) is 0.639. The molecule has 100 valence electrons. The molecule has 4 heteroatoms. The molecular weight excluding hydrogens is 338 g/mol. The minimum absolute atomic E-state index is 0. The van der Waals surface area contributed by atoms with Crippen molar-refractivity contribution < 1.29 is 32.8 Å². The third kappa shape index (κ3) is 8.36. The zero-order chi connectivity index (χ0) is 12.0. The maximum Gasteiger partial charge on any atom is 2.00 e. The van der Waals surface area contributed by atoms with E-state index in [1.165, 1.54) is 22.3 Å². The average Bonchev–Trinajstić information content (AvgIpc) is 2.17. The van der Waals surface area contributed by atoms with Crippen molar-refractivity contribution in [2.45, 2.75) is 27.7 Å². The summed E-state index contributed by atoms with van der Waals surface area (Å²) in [7, 11) is 0. The Hall–Kier alpha value is -0.748. The molecule has 2 rings (SSSR count). The zero-order valence-corrected chi connectivity index (χ0v) is 13.4. The number of aryl methyl sites for hydroxylation is 4. The van der Waals surface area contributed by atoms with Crippen LogP contribution in [-0.2, 0) is 20.4 Å². The number of rotatable bonds is 0. The summed E-state index contributed by atoms with van der Waals surface area (Å²) >= 11 is 0. The monoisotopic (exact) mass is 355 g/mol. The van der Waals surface area contributed by atoms with E-state index in [9.17, 15) is 0 Å². The first kappa shape index (κ1) is 19.6. The Morgan fingerprint density at radius 1 is 0.611 bits per heavy atom. The molecule has 0 saturated carbocycles. The van der Waals surface area contributed by atoms with Crippen molar-refractivity contribution in [3.05, 3.63) is 59.2 Å². The molecule has 2 heterocycles. The molecule has 18 heavy (non-hydrogen) atoms. The Morgan fingerprint density at radius 3 is 0.944 bits per heavy atom. The summed E-state index contributed by atoms with van der Waals surface area (Å²) in [5.74, 6) is 0. The van der Waals surface area contributed by atoms with E-state index in [4.69, 9.17) is 0 Å². The van der Waals surface area contributed by atoms with Crippen molar-refractivity contribution in [2.24, 2.45) is 0 Å². The molecule has 2 nitrogen and oxygen atoms in total. The van der Waals surface area contributed by atoms with Crippen molar-refractivity contribution in [3.63, 3.8) is 0 Å². The van der Waals surface area contributed by atoms with Gasteiger partial charge < -0.3 is 12.4 Å². The topological polar surface area (TPSA) is 25.8 Å². The van der Waals surface area contributed by atoms with E-state index in [1.807, 2.05) is 52.5 Å². The van der Waals surface area contributed by atoms with E-state index < -0.39 is 0 Å². The Morgan fingerprint density at radius 2 is 0.833 bits per heavy atom. The van der Waals surface area contributed by atoms with Gasteiger partial charge in [-0.05, 0) is 49.9 Å². The Balaban J connectivity index is 0. The fourth-order valence-electron chi connectivity index (χ4n) is 1.41. The summed E-state index contributed by atoms with van der Waals surface area (Å²) in [6, 6.07) is 4.21. The van der Waals surface area contributed by atoms with Crippen LogP contribution < -0.4 is 12.4 Å². The SMILES string of the molecule is Cc1cncc(C)c1.Cc1cncc(C)c1.[Cl-].[Pd+2]. The van der Waals surface area contributed by atoms with Crippen molar-refractivity contribution >= 4 is 0 Å². The van der Waals surface area contributed by atoms with Gasteiger partial charge in [-0.25, -0.2) is 0 Å². The molecule has 0 amide bonds. The van der Waals surface area contributed by atoms with Gasteiger partial charge in [0.2, 0.25) is 0 Å². The molecule has 0 unspecified atom stereocenters. The molecule has 0 fully saturated rings. The van der Waals surface area contributed by atoms with Crippen LogP contribution >= 0.6 is 0 Å². The van der Waals surface area contributed by atoms with E-state index in [0.717, 1.165) is 0 Å². The molecule has 2 aromatic rings. The number of hydrogen-bond donors (Lipinski definition) is 0. The van der Waals surface area contributed by atoms with Gasteiger partial charge in [0, 0.05) is 24.8 Å². The molecule has 0 aromatic carbocycles. The molecule has 0 aliphatic rings. The average molecular weight is 356 g/mol. The van der Waals surface area contributed by atoms with Crippen LogP contribution in [0.5, 0.6) is 0 Å². The van der Waals surface area contributed by atoms with Gasteiger partial charge in [-0.15, -0.1) is 0 Å². The molecular formula is C14H18ClN2Pd+. The van der Waals surface area contributed by atoms with Gasteiger partial charge in [-0.2, -0.15) is 0 Å². The van der Waals surface area contributed by atoms with Crippen LogP contribution in [0.15, 0.2) is 36.9 Å². The van der Waals surface area contributed by atoms with E-state index in [1.54, 1.807) is 0 Å². The summed E-state index contributed by atoms with van der Waals surface area (Å²) in [5, 5.41) is 0. The molecule has 0 radical (unpaired) electrons. The standard InChI is InChI=1S/2C7H9N.ClH.Pd/c2*1-6-3-7(2)5-8-4-6;;/h2*3-5H,1-2H3;1H;/q;;;+2/p-1. The molecule has 0 atom stereocenters. The first-order valence-electron chi connectivity index (χ1n) is 5.34. The van der Waals surface area contributed by atoms with Gasteiger partial charge in [-0.1, -0.05) is 12.1 Å². The van der Waals surface area contributed by atoms with Crippen molar-refractivity contribution in [1.82, 2.24) is 9.97 Å². The Labute approximate surface area is 129 Å². The van der Waals surface area contributed by atoms with E-state index in [-0.39, 0.29) is 32.8 Å². The Bertz CT molecular complexity index is 383. The van der Waals surface area contributed by atoms with Gasteiger partial charge in [0.05, 0.1) is 0 Å². The second kappa shape index (κ2) is 10.2. The third-order valence-electron chi connectivity index (χ3n) is 2.02. The van der Waals surface area contributed by atoms with E-state index >= 15 is 0 Å². The first-order valence-corrected chi connectivity index (χ1v) is 5.34. The maximum atomic E-state index is 3.98. The second-order valence-corrected chi connectivity index (χ2v) is 4.08. The smallest absolute Gasteiger partial charge is 1.00 e. The van der Waals surface area contributed by atoms with Gasteiger partial charge in [0.25, 0.3) is 0 Å². The van der Waals surface area contributed by atoms with Crippen LogP contribution in [0, 0.1) is 27.7 Å². The molecule has 2 aromatic heterocycles. The molecule has 0 aliphatic carbocycles.